The van der Waals surface area contributed by atoms with Crippen LogP contribution in [0, 0.1) is 5.92 Å². The number of alkyl carbamates (subject to hydrolysis) is 1. The van der Waals surface area contributed by atoms with E-state index in [1.807, 2.05) is 13.8 Å². The first-order valence-electron chi connectivity index (χ1n) is 13.1. The van der Waals surface area contributed by atoms with E-state index in [4.69, 9.17) is 9.47 Å². The lowest BCUT2D eigenvalue weighted by Gasteiger charge is -2.14. The summed E-state index contributed by atoms with van der Waals surface area (Å²) >= 11 is 0. The van der Waals surface area contributed by atoms with E-state index in [-0.39, 0.29) is 5.92 Å². The van der Waals surface area contributed by atoms with Crippen molar-refractivity contribution < 1.29 is 19.1 Å². The minimum absolute atomic E-state index is 0.267. The van der Waals surface area contributed by atoms with Gasteiger partial charge in [-0.3, -0.25) is 0 Å². The van der Waals surface area contributed by atoms with E-state index in [0.29, 0.717) is 13.2 Å². The molecule has 0 aromatic carbocycles. The Morgan fingerprint density at radius 1 is 0.645 bits per heavy atom. The van der Waals surface area contributed by atoms with Gasteiger partial charge in [-0.1, -0.05) is 117 Å². The average Bonchev–Trinajstić information content (AvgIpc) is 2.74. The van der Waals surface area contributed by atoms with Gasteiger partial charge in [0, 0.05) is 0 Å². The number of esters is 1. The van der Waals surface area contributed by atoms with Gasteiger partial charge in [0.05, 0.1) is 13.2 Å². The van der Waals surface area contributed by atoms with E-state index in [1.165, 1.54) is 89.9 Å². The minimum Gasteiger partial charge on any atom is -0.464 e. The van der Waals surface area contributed by atoms with Crippen LogP contribution in [0.25, 0.3) is 0 Å². The van der Waals surface area contributed by atoms with Crippen LogP contribution in [0.3, 0.4) is 0 Å². The molecule has 0 spiro atoms. The quantitative estimate of drug-likeness (QED) is 0.147. The molecule has 184 valence electrons. The van der Waals surface area contributed by atoms with E-state index in [1.54, 1.807) is 6.92 Å². The first kappa shape index (κ1) is 29.7. The highest BCUT2D eigenvalue weighted by Gasteiger charge is 2.17. The van der Waals surface area contributed by atoms with Crippen LogP contribution in [0.15, 0.2) is 0 Å². The molecule has 0 saturated carbocycles. The van der Waals surface area contributed by atoms with Gasteiger partial charge < -0.3 is 14.8 Å². The summed E-state index contributed by atoms with van der Waals surface area (Å²) in [6.07, 6.45) is 20.6. The van der Waals surface area contributed by atoms with E-state index < -0.39 is 18.1 Å². The predicted molar refractivity (Wildman–Crippen MR) is 129 cm³/mol. The van der Waals surface area contributed by atoms with Gasteiger partial charge in [-0.25, -0.2) is 9.59 Å². The summed E-state index contributed by atoms with van der Waals surface area (Å²) in [6.45, 7) is 8.57. The van der Waals surface area contributed by atoms with Gasteiger partial charge in [-0.2, -0.15) is 0 Å². The molecule has 5 nitrogen and oxygen atoms in total. The zero-order valence-corrected chi connectivity index (χ0v) is 21.0. The summed E-state index contributed by atoms with van der Waals surface area (Å²) in [7, 11) is 0. The summed E-state index contributed by atoms with van der Waals surface area (Å²) < 4.78 is 10.2. The largest absolute Gasteiger partial charge is 0.464 e. The third kappa shape index (κ3) is 21.7. The summed E-state index contributed by atoms with van der Waals surface area (Å²) in [5, 5.41) is 2.51. The Kier molecular flexibility index (Phi) is 21.1. The normalized spacial score (nSPS) is 12.0. The fourth-order valence-electron chi connectivity index (χ4n) is 3.47. The number of hydrogen-bond donors (Lipinski definition) is 1. The Morgan fingerprint density at radius 3 is 1.48 bits per heavy atom. The summed E-state index contributed by atoms with van der Waals surface area (Å²) in [5.74, 6) is -0.134. The van der Waals surface area contributed by atoms with Crippen molar-refractivity contribution in [2.24, 2.45) is 5.92 Å². The Balaban J connectivity index is 3.35. The first-order valence-corrected chi connectivity index (χ1v) is 13.1. The lowest BCUT2D eigenvalue weighted by molar-refractivity contribution is -0.145. The summed E-state index contributed by atoms with van der Waals surface area (Å²) in [6, 6.07) is -0.680. The molecule has 0 radical (unpaired) electrons. The number of carbonyl (C=O) groups is 2. The third-order valence-corrected chi connectivity index (χ3v) is 5.48. The SMILES string of the molecule is CCCCCCCCCCCCCCCCCCOC(=O)[C@H](C)NC(=O)OCC(C)C. The fourth-order valence-corrected chi connectivity index (χ4v) is 3.47. The summed E-state index contributed by atoms with van der Waals surface area (Å²) in [5.41, 5.74) is 0. The highest BCUT2D eigenvalue weighted by atomic mass is 16.6. The lowest BCUT2D eigenvalue weighted by Crippen LogP contribution is -2.40. The topological polar surface area (TPSA) is 64.6 Å². The van der Waals surface area contributed by atoms with Crippen LogP contribution >= 0.6 is 0 Å². The van der Waals surface area contributed by atoms with Crippen LogP contribution in [0.2, 0.25) is 0 Å². The van der Waals surface area contributed by atoms with Gasteiger partial charge in [-0.15, -0.1) is 0 Å². The number of unbranched alkanes of at least 4 members (excludes halogenated alkanes) is 15. The maximum absolute atomic E-state index is 11.9. The van der Waals surface area contributed by atoms with Crippen LogP contribution in [0.4, 0.5) is 4.79 Å². The molecule has 0 aliphatic rings. The second-order valence-corrected chi connectivity index (χ2v) is 9.33. The van der Waals surface area contributed by atoms with E-state index in [9.17, 15) is 9.59 Å². The molecular formula is C26H51NO4. The van der Waals surface area contributed by atoms with Crippen molar-refractivity contribution in [1.82, 2.24) is 5.32 Å². The number of carbonyl (C=O) groups excluding carboxylic acids is 2. The molecule has 0 aromatic rings. The van der Waals surface area contributed by atoms with Crippen LogP contribution in [-0.2, 0) is 14.3 Å². The minimum atomic E-state index is -0.680. The van der Waals surface area contributed by atoms with Crippen molar-refractivity contribution in [3.05, 3.63) is 0 Å². The number of ether oxygens (including phenoxy) is 2. The van der Waals surface area contributed by atoms with Gasteiger partial charge in [0.25, 0.3) is 0 Å². The molecule has 0 fully saturated rings. The smallest absolute Gasteiger partial charge is 0.407 e. The molecule has 0 aliphatic carbocycles. The monoisotopic (exact) mass is 441 g/mol. The number of rotatable bonds is 21. The number of amides is 1. The van der Waals surface area contributed by atoms with Crippen molar-refractivity contribution in [1.29, 1.82) is 0 Å². The molecule has 0 heterocycles. The molecule has 0 rings (SSSR count). The van der Waals surface area contributed by atoms with Crippen LogP contribution in [0.5, 0.6) is 0 Å². The van der Waals surface area contributed by atoms with Gasteiger partial charge >= 0.3 is 12.1 Å². The molecule has 31 heavy (non-hydrogen) atoms. The molecule has 1 amide bonds. The van der Waals surface area contributed by atoms with Gasteiger partial charge in [0.15, 0.2) is 0 Å². The Bertz CT molecular complexity index is 426. The van der Waals surface area contributed by atoms with Crippen molar-refractivity contribution in [3.8, 4) is 0 Å². The molecule has 0 aromatic heterocycles. The van der Waals surface area contributed by atoms with Gasteiger partial charge in [-0.05, 0) is 19.3 Å². The molecule has 1 N–H and O–H groups in total. The molecule has 5 heteroatoms. The Hall–Kier alpha value is -1.26. The molecule has 0 aliphatic heterocycles. The summed E-state index contributed by atoms with van der Waals surface area (Å²) in [4.78, 5) is 23.4. The molecular weight excluding hydrogens is 390 g/mol. The average molecular weight is 442 g/mol. The maximum atomic E-state index is 11.9. The zero-order valence-electron chi connectivity index (χ0n) is 21.0. The van der Waals surface area contributed by atoms with E-state index >= 15 is 0 Å². The number of hydrogen-bond acceptors (Lipinski definition) is 4. The third-order valence-electron chi connectivity index (χ3n) is 5.48. The van der Waals surface area contributed by atoms with Gasteiger partial charge in [0.1, 0.15) is 6.04 Å². The highest BCUT2D eigenvalue weighted by Crippen LogP contribution is 2.13. The van der Waals surface area contributed by atoms with E-state index in [0.717, 1.165) is 12.8 Å². The van der Waals surface area contributed by atoms with Gasteiger partial charge in [0.2, 0.25) is 0 Å². The van der Waals surface area contributed by atoms with Crippen molar-refractivity contribution in [2.45, 2.75) is 136 Å². The predicted octanol–water partition coefficient (Wildman–Crippen LogP) is 7.56. The fraction of sp³-hybridized carbons (Fsp3) is 0.923. The van der Waals surface area contributed by atoms with Crippen molar-refractivity contribution in [3.63, 3.8) is 0 Å². The van der Waals surface area contributed by atoms with Crippen LogP contribution < -0.4 is 5.32 Å². The molecule has 0 saturated heterocycles. The molecule has 0 unspecified atom stereocenters. The molecule has 0 bridgehead atoms. The standard InChI is InChI=1S/C26H51NO4/c1-5-6-7-8-9-10-11-12-13-14-15-16-17-18-19-20-21-30-25(28)24(4)27-26(29)31-22-23(2)3/h23-24H,5-22H2,1-4H3,(H,27,29)/t24-/m0/s1. The highest BCUT2D eigenvalue weighted by molar-refractivity contribution is 5.80. The first-order chi connectivity index (χ1) is 15.0. The second kappa shape index (κ2) is 22.0. The molecule has 1 atom stereocenters. The van der Waals surface area contributed by atoms with Crippen molar-refractivity contribution >= 4 is 12.1 Å². The number of nitrogens with one attached hydrogen (secondary N) is 1. The maximum Gasteiger partial charge on any atom is 0.407 e. The Morgan fingerprint density at radius 2 is 1.06 bits per heavy atom. The second-order valence-electron chi connectivity index (χ2n) is 9.33. The lowest BCUT2D eigenvalue weighted by atomic mass is 10.0. The Labute approximate surface area is 192 Å². The van der Waals surface area contributed by atoms with E-state index in [2.05, 4.69) is 12.2 Å². The van der Waals surface area contributed by atoms with Crippen LogP contribution in [-0.4, -0.2) is 31.3 Å². The van der Waals surface area contributed by atoms with Crippen LogP contribution in [0.1, 0.15) is 130 Å². The zero-order chi connectivity index (χ0) is 23.2. The van der Waals surface area contributed by atoms with Crippen molar-refractivity contribution in [2.75, 3.05) is 13.2 Å².